The minimum atomic E-state index is -0.382. The minimum absolute atomic E-state index is 0.0996. The van der Waals surface area contributed by atoms with Crippen LogP contribution in [0.1, 0.15) is 39.1 Å². The molecule has 0 spiro atoms. The van der Waals surface area contributed by atoms with Crippen LogP contribution >= 0.6 is 11.5 Å². The molecule has 4 N–H and O–H groups in total. The SMILES string of the molecule is CCCNC(=O)c1snc(C(=O)NCc2ccccc2)c1N. The van der Waals surface area contributed by atoms with Crippen molar-refractivity contribution >= 4 is 29.0 Å². The van der Waals surface area contributed by atoms with Gasteiger partial charge in [0.2, 0.25) is 0 Å². The summed E-state index contributed by atoms with van der Waals surface area (Å²) >= 11 is 0.937. The van der Waals surface area contributed by atoms with E-state index >= 15 is 0 Å². The summed E-state index contributed by atoms with van der Waals surface area (Å²) in [6, 6.07) is 9.53. The molecule has 0 aliphatic carbocycles. The van der Waals surface area contributed by atoms with Gasteiger partial charge in [0.15, 0.2) is 5.69 Å². The molecule has 0 bridgehead atoms. The summed E-state index contributed by atoms with van der Waals surface area (Å²) in [4.78, 5) is 24.3. The Labute approximate surface area is 132 Å². The fourth-order valence-corrected chi connectivity index (χ4v) is 2.52. The minimum Gasteiger partial charge on any atom is -0.395 e. The van der Waals surface area contributed by atoms with Crippen molar-refractivity contribution in [1.82, 2.24) is 15.0 Å². The van der Waals surface area contributed by atoms with Crippen molar-refractivity contribution in [2.45, 2.75) is 19.9 Å². The number of nitrogens with one attached hydrogen (secondary N) is 2. The van der Waals surface area contributed by atoms with Gasteiger partial charge in [0.25, 0.3) is 11.8 Å². The molecule has 7 heteroatoms. The van der Waals surface area contributed by atoms with E-state index in [1.807, 2.05) is 37.3 Å². The average Bonchev–Trinajstić information content (AvgIpc) is 2.93. The molecule has 2 amide bonds. The largest absolute Gasteiger partial charge is 0.395 e. The first-order chi connectivity index (χ1) is 10.6. The molecule has 1 aromatic heterocycles. The Kier molecular flexibility index (Phi) is 5.48. The van der Waals surface area contributed by atoms with Crippen molar-refractivity contribution in [3.05, 3.63) is 46.5 Å². The van der Waals surface area contributed by atoms with Crippen LogP contribution < -0.4 is 16.4 Å². The predicted octanol–water partition coefficient (Wildman–Crippen LogP) is 1.80. The highest BCUT2D eigenvalue weighted by Crippen LogP contribution is 2.21. The Bertz CT molecular complexity index is 655. The second-order valence-corrected chi connectivity index (χ2v) is 5.47. The third kappa shape index (κ3) is 3.82. The number of aromatic nitrogens is 1. The molecule has 1 aromatic carbocycles. The lowest BCUT2D eigenvalue weighted by Gasteiger charge is -2.04. The number of amides is 2. The summed E-state index contributed by atoms with van der Waals surface area (Å²) in [5.74, 6) is -0.675. The first kappa shape index (κ1) is 16.0. The van der Waals surface area contributed by atoms with E-state index in [0.717, 1.165) is 23.5 Å². The predicted molar refractivity (Wildman–Crippen MR) is 86.8 cm³/mol. The molecule has 0 saturated heterocycles. The number of rotatable bonds is 6. The number of hydrogen-bond donors (Lipinski definition) is 3. The standard InChI is InChI=1S/C15H18N4O2S/c1-2-8-17-15(21)13-11(16)12(19-22-13)14(20)18-9-10-6-4-3-5-7-10/h3-7H,2,8-9,16H2,1H3,(H,17,21)(H,18,20). The summed E-state index contributed by atoms with van der Waals surface area (Å²) in [5, 5.41) is 5.46. The van der Waals surface area contributed by atoms with Gasteiger partial charge in [-0.05, 0) is 23.5 Å². The van der Waals surface area contributed by atoms with E-state index in [1.54, 1.807) is 0 Å². The number of hydrogen-bond acceptors (Lipinski definition) is 5. The Balaban J connectivity index is 2.01. The van der Waals surface area contributed by atoms with Gasteiger partial charge in [0.05, 0.1) is 5.69 Å². The van der Waals surface area contributed by atoms with Gasteiger partial charge < -0.3 is 16.4 Å². The second kappa shape index (κ2) is 7.56. The highest BCUT2D eigenvalue weighted by molar-refractivity contribution is 7.09. The zero-order chi connectivity index (χ0) is 15.9. The van der Waals surface area contributed by atoms with Crippen molar-refractivity contribution in [2.24, 2.45) is 0 Å². The smallest absolute Gasteiger partial charge is 0.273 e. The van der Waals surface area contributed by atoms with E-state index in [2.05, 4.69) is 15.0 Å². The summed E-state index contributed by atoms with van der Waals surface area (Å²) < 4.78 is 4.00. The molecular formula is C15H18N4O2S. The van der Waals surface area contributed by atoms with Crippen molar-refractivity contribution in [3.8, 4) is 0 Å². The van der Waals surface area contributed by atoms with Crippen LogP contribution in [0, 0.1) is 0 Å². The monoisotopic (exact) mass is 318 g/mol. The maximum absolute atomic E-state index is 12.1. The Morgan fingerprint density at radius 2 is 1.91 bits per heavy atom. The Hall–Kier alpha value is -2.41. The zero-order valence-corrected chi connectivity index (χ0v) is 13.1. The van der Waals surface area contributed by atoms with Crippen LogP contribution in [0.5, 0.6) is 0 Å². The lowest BCUT2D eigenvalue weighted by Crippen LogP contribution is -2.26. The topological polar surface area (TPSA) is 97.1 Å². The van der Waals surface area contributed by atoms with E-state index in [9.17, 15) is 9.59 Å². The van der Waals surface area contributed by atoms with Crippen LogP contribution in [0.3, 0.4) is 0 Å². The fraction of sp³-hybridized carbons (Fsp3) is 0.267. The van der Waals surface area contributed by atoms with Crippen LogP contribution in [0.4, 0.5) is 5.69 Å². The third-order valence-corrected chi connectivity index (χ3v) is 3.84. The summed E-state index contributed by atoms with van der Waals surface area (Å²) in [6.07, 6.45) is 0.828. The van der Waals surface area contributed by atoms with Crippen molar-refractivity contribution < 1.29 is 9.59 Å². The van der Waals surface area contributed by atoms with Gasteiger partial charge in [-0.2, -0.15) is 4.37 Å². The first-order valence-electron chi connectivity index (χ1n) is 6.99. The molecule has 0 aliphatic rings. The molecule has 22 heavy (non-hydrogen) atoms. The van der Waals surface area contributed by atoms with E-state index in [0.29, 0.717) is 13.1 Å². The molecule has 6 nitrogen and oxygen atoms in total. The summed E-state index contributed by atoms with van der Waals surface area (Å²) in [6.45, 7) is 2.90. The number of carbonyl (C=O) groups is 2. The van der Waals surface area contributed by atoms with Gasteiger partial charge in [-0.3, -0.25) is 9.59 Å². The van der Waals surface area contributed by atoms with Crippen LogP contribution in [-0.2, 0) is 6.54 Å². The van der Waals surface area contributed by atoms with Crippen LogP contribution in [0.25, 0.3) is 0 Å². The number of nitrogen functional groups attached to an aromatic ring is 1. The van der Waals surface area contributed by atoms with Gasteiger partial charge in [-0.1, -0.05) is 37.3 Å². The quantitative estimate of drug-likeness (QED) is 0.756. The molecule has 1 heterocycles. The number of anilines is 1. The molecule has 2 rings (SSSR count). The highest BCUT2D eigenvalue weighted by atomic mass is 32.1. The van der Waals surface area contributed by atoms with E-state index < -0.39 is 0 Å². The number of benzene rings is 1. The Morgan fingerprint density at radius 1 is 1.18 bits per heavy atom. The van der Waals surface area contributed by atoms with Gasteiger partial charge in [0, 0.05) is 13.1 Å². The van der Waals surface area contributed by atoms with Gasteiger partial charge >= 0.3 is 0 Å². The van der Waals surface area contributed by atoms with Crippen LogP contribution in [0.15, 0.2) is 30.3 Å². The maximum atomic E-state index is 12.1. The Morgan fingerprint density at radius 3 is 2.59 bits per heavy atom. The third-order valence-electron chi connectivity index (χ3n) is 2.98. The normalized spacial score (nSPS) is 10.2. The maximum Gasteiger partial charge on any atom is 0.273 e. The molecule has 0 aliphatic heterocycles. The average molecular weight is 318 g/mol. The van der Waals surface area contributed by atoms with Crippen molar-refractivity contribution in [1.29, 1.82) is 0 Å². The fourth-order valence-electron chi connectivity index (χ4n) is 1.81. The van der Waals surface area contributed by atoms with Crippen molar-refractivity contribution in [2.75, 3.05) is 12.3 Å². The number of nitrogens with two attached hydrogens (primary N) is 1. The molecule has 0 saturated carbocycles. The first-order valence-corrected chi connectivity index (χ1v) is 7.76. The molecule has 116 valence electrons. The highest BCUT2D eigenvalue weighted by Gasteiger charge is 2.21. The number of carbonyl (C=O) groups excluding carboxylic acids is 2. The summed E-state index contributed by atoms with van der Waals surface area (Å²) in [5.41, 5.74) is 7.08. The molecular weight excluding hydrogens is 300 g/mol. The van der Waals surface area contributed by atoms with Crippen LogP contribution in [-0.4, -0.2) is 22.7 Å². The van der Waals surface area contributed by atoms with Crippen LogP contribution in [0.2, 0.25) is 0 Å². The second-order valence-electron chi connectivity index (χ2n) is 4.70. The molecule has 0 radical (unpaired) electrons. The van der Waals surface area contributed by atoms with Gasteiger partial charge in [-0.25, -0.2) is 0 Å². The van der Waals surface area contributed by atoms with Gasteiger partial charge in [-0.15, -0.1) is 0 Å². The molecule has 0 unspecified atom stereocenters. The molecule has 0 atom stereocenters. The lowest BCUT2D eigenvalue weighted by atomic mass is 10.2. The zero-order valence-electron chi connectivity index (χ0n) is 12.3. The van der Waals surface area contributed by atoms with Crippen molar-refractivity contribution in [3.63, 3.8) is 0 Å². The summed E-state index contributed by atoms with van der Waals surface area (Å²) in [7, 11) is 0. The van der Waals surface area contributed by atoms with E-state index in [-0.39, 0.29) is 28.1 Å². The number of nitrogens with zero attached hydrogens (tertiary/aromatic N) is 1. The molecule has 0 fully saturated rings. The van der Waals surface area contributed by atoms with E-state index in [4.69, 9.17) is 5.73 Å². The molecule has 2 aromatic rings. The van der Waals surface area contributed by atoms with Gasteiger partial charge in [0.1, 0.15) is 4.88 Å². The lowest BCUT2D eigenvalue weighted by molar-refractivity contribution is 0.0947. The van der Waals surface area contributed by atoms with E-state index in [1.165, 1.54) is 0 Å².